The van der Waals surface area contributed by atoms with Crippen molar-refractivity contribution in [1.29, 1.82) is 0 Å². The van der Waals surface area contributed by atoms with Crippen molar-refractivity contribution in [2.24, 2.45) is 11.8 Å². The highest BCUT2D eigenvalue weighted by Gasteiger charge is 2.20. The van der Waals surface area contributed by atoms with Crippen LogP contribution in [-0.2, 0) is 12.8 Å². The van der Waals surface area contributed by atoms with Crippen LogP contribution in [0, 0.1) is 11.8 Å². The van der Waals surface area contributed by atoms with Crippen molar-refractivity contribution < 1.29 is 0 Å². The Morgan fingerprint density at radius 1 is 1.26 bits per heavy atom. The Balaban J connectivity index is 2.05. The van der Waals surface area contributed by atoms with Gasteiger partial charge in [-0.2, -0.15) is 5.21 Å². The molecule has 0 amide bonds. The smallest absolute Gasteiger partial charge is 0.174 e. The number of hydrogen-bond donors (Lipinski definition) is 1. The highest BCUT2D eigenvalue weighted by molar-refractivity contribution is 5.05. The summed E-state index contributed by atoms with van der Waals surface area (Å²) >= 11 is 0. The van der Waals surface area contributed by atoms with Crippen LogP contribution in [0.5, 0.6) is 0 Å². The molecule has 2 aromatic rings. The number of nitrogens with one attached hydrogen (secondary N) is 1. The zero-order valence-corrected chi connectivity index (χ0v) is 11.6. The molecule has 0 radical (unpaired) electrons. The fraction of sp³-hybridized carbons (Fsp3) is 0.571. The minimum atomic E-state index is 0.507. The molecule has 2 aromatic heterocycles. The Kier molecular flexibility index (Phi) is 5.01. The lowest BCUT2D eigenvalue weighted by atomic mass is 9.84. The van der Waals surface area contributed by atoms with Gasteiger partial charge in [0, 0.05) is 18.3 Å². The molecule has 5 nitrogen and oxygen atoms in total. The molecule has 102 valence electrons. The Morgan fingerprint density at radius 3 is 2.79 bits per heavy atom. The quantitative estimate of drug-likeness (QED) is 0.829. The molecule has 0 aliphatic rings. The SMILES string of the molecule is CCCC(C)C(Cc1ccccn1)Cc1nn[nH]n1. The fourth-order valence-electron chi connectivity index (χ4n) is 2.46. The lowest BCUT2D eigenvalue weighted by molar-refractivity contribution is 0.323. The lowest BCUT2D eigenvalue weighted by Crippen LogP contribution is -2.19. The van der Waals surface area contributed by atoms with Gasteiger partial charge in [0.15, 0.2) is 5.82 Å². The Hall–Kier alpha value is -1.78. The standard InChI is InChI=1S/C14H21N5/c1-3-6-11(2)12(10-14-16-18-19-17-14)9-13-7-4-5-8-15-13/h4-5,7-8,11-12H,3,6,9-10H2,1-2H3,(H,16,17,18,19). The summed E-state index contributed by atoms with van der Waals surface area (Å²) in [6.45, 7) is 4.53. The summed E-state index contributed by atoms with van der Waals surface area (Å²) in [5, 5.41) is 14.3. The number of H-pyrrole nitrogens is 1. The van der Waals surface area contributed by atoms with Crippen LogP contribution in [-0.4, -0.2) is 25.6 Å². The van der Waals surface area contributed by atoms with Crippen molar-refractivity contribution in [3.63, 3.8) is 0 Å². The van der Waals surface area contributed by atoms with Crippen LogP contribution >= 0.6 is 0 Å². The highest BCUT2D eigenvalue weighted by atomic mass is 15.5. The Morgan fingerprint density at radius 2 is 2.16 bits per heavy atom. The molecular weight excluding hydrogens is 238 g/mol. The van der Waals surface area contributed by atoms with E-state index in [4.69, 9.17) is 0 Å². The van der Waals surface area contributed by atoms with Crippen molar-refractivity contribution in [2.45, 2.75) is 39.5 Å². The van der Waals surface area contributed by atoms with E-state index >= 15 is 0 Å². The number of nitrogens with zero attached hydrogens (tertiary/aromatic N) is 4. The van der Waals surface area contributed by atoms with Crippen molar-refractivity contribution in [3.8, 4) is 0 Å². The van der Waals surface area contributed by atoms with Crippen LogP contribution in [0.2, 0.25) is 0 Å². The molecule has 2 rings (SSSR count). The van der Waals surface area contributed by atoms with Crippen LogP contribution in [0.25, 0.3) is 0 Å². The van der Waals surface area contributed by atoms with Crippen LogP contribution in [0.4, 0.5) is 0 Å². The second-order valence-electron chi connectivity index (χ2n) is 5.08. The van der Waals surface area contributed by atoms with Gasteiger partial charge in [-0.05, 0) is 30.4 Å². The van der Waals surface area contributed by atoms with Crippen LogP contribution < -0.4 is 0 Å². The van der Waals surface area contributed by atoms with Gasteiger partial charge in [0.25, 0.3) is 0 Å². The van der Waals surface area contributed by atoms with Crippen LogP contribution in [0.15, 0.2) is 24.4 Å². The van der Waals surface area contributed by atoms with Gasteiger partial charge >= 0.3 is 0 Å². The second kappa shape index (κ2) is 6.97. The first kappa shape index (κ1) is 13.6. The van der Waals surface area contributed by atoms with E-state index in [2.05, 4.69) is 45.5 Å². The molecule has 2 unspecified atom stereocenters. The van der Waals surface area contributed by atoms with Crippen LogP contribution in [0.1, 0.15) is 38.2 Å². The Labute approximate surface area is 113 Å². The third kappa shape index (κ3) is 4.12. The van der Waals surface area contributed by atoms with Gasteiger partial charge in [0.1, 0.15) is 0 Å². The maximum absolute atomic E-state index is 4.43. The normalized spacial score (nSPS) is 14.2. The third-order valence-corrected chi connectivity index (χ3v) is 3.58. The summed E-state index contributed by atoms with van der Waals surface area (Å²) in [5.74, 6) is 1.93. The minimum absolute atomic E-state index is 0.507. The number of pyridine rings is 1. The molecule has 0 aromatic carbocycles. The van der Waals surface area contributed by atoms with E-state index in [1.54, 1.807) is 0 Å². The first-order valence-corrected chi connectivity index (χ1v) is 6.91. The summed E-state index contributed by atoms with van der Waals surface area (Å²) < 4.78 is 0. The van der Waals surface area contributed by atoms with Gasteiger partial charge in [0.05, 0.1) is 0 Å². The first-order valence-electron chi connectivity index (χ1n) is 6.91. The maximum Gasteiger partial charge on any atom is 0.174 e. The molecule has 0 saturated carbocycles. The van der Waals surface area contributed by atoms with Gasteiger partial charge in [-0.3, -0.25) is 4.98 Å². The third-order valence-electron chi connectivity index (χ3n) is 3.58. The fourth-order valence-corrected chi connectivity index (χ4v) is 2.46. The largest absolute Gasteiger partial charge is 0.261 e. The molecule has 0 spiro atoms. The van der Waals surface area contributed by atoms with Crippen molar-refractivity contribution in [1.82, 2.24) is 25.6 Å². The Bertz CT molecular complexity index is 454. The number of hydrogen-bond acceptors (Lipinski definition) is 4. The van der Waals surface area contributed by atoms with Crippen LogP contribution in [0.3, 0.4) is 0 Å². The molecule has 0 saturated heterocycles. The zero-order chi connectivity index (χ0) is 13.5. The molecule has 0 bridgehead atoms. The second-order valence-corrected chi connectivity index (χ2v) is 5.08. The monoisotopic (exact) mass is 259 g/mol. The van der Waals surface area contributed by atoms with E-state index in [0.717, 1.165) is 24.4 Å². The van der Waals surface area contributed by atoms with Gasteiger partial charge in [-0.25, -0.2) is 0 Å². The number of aromatic amines is 1. The minimum Gasteiger partial charge on any atom is -0.261 e. The molecule has 1 N–H and O–H groups in total. The van der Waals surface area contributed by atoms with E-state index < -0.39 is 0 Å². The molecule has 0 aliphatic heterocycles. The summed E-state index contributed by atoms with van der Waals surface area (Å²) in [6.07, 6.45) is 6.09. The first-order chi connectivity index (χ1) is 9.29. The average molecular weight is 259 g/mol. The number of aromatic nitrogens is 5. The molecule has 0 fully saturated rings. The predicted octanol–water partition coefficient (Wildman–Crippen LogP) is 2.43. The van der Waals surface area contributed by atoms with Crippen molar-refractivity contribution in [3.05, 3.63) is 35.9 Å². The average Bonchev–Trinajstić information content (AvgIpc) is 2.92. The van der Waals surface area contributed by atoms with E-state index in [9.17, 15) is 0 Å². The highest BCUT2D eigenvalue weighted by Crippen LogP contribution is 2.23. The summed E-state index contributed by atoms with van der Waals surface area (Å²) in [4.78, 5) is 4.43. The topological polar surface area (TPSA) is 67.3 Å². The predicted molar refractivity (Wildman–Crippen MR) is 73.4 cm³/mol. The van der Waals surface area contributed by atoms with Gasteiger partial charge in [0.2, 0.25) is 0 Å². The van der Waals surface area contributed by atoms with Gasteiger partial charge < -0.3 is 0 Å². The van der Waals surface area contributed by atoms with Gasteiger partial charge in [-0.1, -0.05) is 38.0 Å². The molecule has 5 heteroatoms. The van der Waals surface area contributed by atoms with E-state index in [1.807, 2.05) is 18.3 Å². The number of tetrazole rings is 1. The summed E-state index contributed by atoms with van der Waals surface area (Å²) in [6, 6.07) is 6.08. The molecule has 2 atom stereocenters. The molecule has 0 aliphatic carbocycles. The van der Waals surface area contributed by atoms with Crippen molar-refractivity contribution in [2.75, 3.05) is 0 Å². The van der Waals surface area contributed by atoms with E-state index in [-0.39, 0.29) is 0 Å². The van der Waals surface area contributed by atoms with E-state index in [0.29, 0.717) is 11.8 Å². The van der Waals surface area contributed by atoms with Gasteiger partial charge in [-0.15, -0.1) is 10.2 Å². The van der Waals surface area contributed by atoms with Crippen molar-refractivity contribution >= 4 is 0 Å². The van der Waals surface area contributed by atoms with E-state index in [1.165, 1.54) is 12.8 Å². The molecule has 19 heavy (non-hydrogen) atoms. The maximum atomic E-state index is 4.43. The zero-order valence-electron chi connectivity index (χ0n) is 11.6. The lowest BCUT2D eigenvalue weighted by Gasteiger charge is -2.22. The summed E-state index contributed by atoms with van der Waals surface area (Å²) in [5.41, 5.74) is 1.14. The molecular formula is C14H21N5. The molecule has 2 heterocycles. The summed E-state index contributed by atoms with van der Waals surface area (Å²) in [7, 11) is 0. The number of rotatable bonds is 7.